The molecule has 0 amide bonds. The van der Waals surface area contributed by atoms with Crippen LogP contribution >= 0.6 is 11.8 Å². The van der Waals surface area contributed by atoms with Gasteiger partial charge in [0.05, 0.1) is 6.04 Å². The maximum atomic E-state index is 5.94. The molecular formula is C15H24N2S. The third-order valence-electron chi connectivity index (χ3n) is 3.52. The zero-order valence-electron chi connectivity index (χ0n) is 11.6. The molecule has 3 heteroatoms. The fourth-order valence-electron chi connectivity index (χ4n) is 2.53. The smallest absolute Gasteiger partial charge is 0.0503 e. The second-order valence-electron chi connectivity index (χ2n) is 5.92. The largest absolute Gasteiger partial charge is 0.365 e. The molecule has 1 aromatic rings. The van der Waals surface area contributed by atoms with Gasteiger partial charge in [0.25, 0.3) is 0 Å². The van der Waals surface area contributed by atoms with Gasteiger partial charge in [-0.15, -0.1) is 0 Å². The van der Waals surface area contributed by atoms with E-state index in [4.69, 9.17) is 5.73 Å². The number of hydrogen-bond donors (Lipinski definition) is 1. The van der Waals surface area contributed by atoms with Gasteiger partial charge in [-0.25, -0.2) is 0 Å². The monoisotopic (exact) mass is 264 g/mol. The molecular weight excluding hydrogens is 240 g/mol. The Morgan fingerprint density at radius 3 is 2.72 bits per heavy atom. The summed E-state index contributed by atoms with van der Waals surface area (Å²) in [5.41, 5.74) is 8.92. The minimum absolute atomic E-state index is 0.181. The number of nitrogens with two attached hydrogens (primary N) is 1. The average Bonchev–Trinajstić information content (AvgIpc) is 2.37. The van der Waals surface area contributed by atoms with E-state index in [1.165, 1.54) is 17.0 Å². The van der Waals surface area contributed by atoms with Crippen LogP contribution in [0.3, 0.4) is 0 Å². The molecule has 18 heavy (non-hydrogen) atoms. The molecule has 0 saturated carbocycles. The second kappa shape index (κ2) is 5.54. The Bertz CT molecular complexity index is 398. The molecule has 0 aromatic heterocycles. The fraction of sp³-hybridized carbons (Fsp3) is 0.600. The van der Waals surface area contributed by atoms with Gasteiger partial charge in [-0.1, -0.05) is 39.0 Å². The van der Waals surface area contributed by atoms with Crippen LogP contribution in [0.15, 0.2) is 24.3 Å². The number of para-hydroxylation sites is 1. The van der Waals surface area contributed by atoms with Crippen molar-refractivity contribution in [3.63, 3.8) is 0 Å². The highest BCUT2D eigenvalue weighted by Gasteiger charge is 2.26. The van der Waals surface area contributed by atoms with Crippen LogP contribution in [0, 0.1) is 0 Å². The minimum Gasteiger partial charge on any atom is -0.365 e. The van der Waals surface area contributed by atoms with E-state index in [2.05, 4.69) is 49.9 Å². The minimum atomic E-state index is 0.181. The third kappa shape index (κ3) is 2.83. The van der Waals surface area contributed by atoms with Crippen LogP contribution in [0.1, 0.15) is 26.3 Å². The van der Waals surface area contributed by atoms with Gasteiger partial charge in [0.2, 0.25) is 0 Å². The topological polar surface area (TPSA) is 29.3 Å². The van der Waals surface area contributed by atoms with Crippen molar-refractivity contribution in [1.82, 2.24) is 0 Å². The van der Waals surface area contributed by atoms with Crippen molar-refractivity contribution in [3.05, 3.63) is 29.8 Å². The van der Waals surface area contributed by atoms with E-state index in [9.17, 15) is 0 Å². The van der Waals surface area contributed by atoms with Crippen molar-refractivity contribution in [3.8, 4) is 0 Å². The van der Waals surface area contributed by atoms with E-state index in [0.717, 1.165) is 18.8 Å². The molecule has 0 spiro atoms. The van der Waals surface area contributed by atoms with Crippen LogP contribution in [0.4, 0.5) is 5.69 Å². The molecule has 1 heterocycles. The first-order valence-corrected chi connectivity index (χ1v) is 7.83. The molecule has 1 aliphatic rings. The van der Waals surface area contributed by atoms with Gasteiger partial charge in [0.1, 0.15) is 0 Å². The van der Waals surface area contributed by atoms with E-state index >= 15 is 0 Å². The normalized spacial score (nSPS) is 21.1. The summed E-state index contributed by atoms with van der Waals surface area (Å²) in [7, 11) is 0. The lowest BCUT2D eigenvalue weighted by Gasteiger charge is -2.39. The summed E-state index contributed by atoms with van der Waals surface area (Å²) in [5.74, 6) is 2.35. The summed E-state index contributed by atoms with van der Waals surface area (Å²) in [6.07, 6.45) is 0. The number of rotatable bonds is 2. The van der Waals surface area contributed by atoms with Crippen molar-refractivity contribution in [2.45, 2.75) is 32.2 Å². The molecule has 2 nitrogen and oxygen atoms in total. The first kappa shape index (κ1) is 13.8. The van der Waals surface area contributed by atoms with Gasteiger partial charge in [-0.05, 0) is 17.0 Å². The van der Waals surface area contributed by atoms with Crippen molar-refractivity contribution < 1.29 is 0 Å². The van der Waals surface area contributed by atoms with Crippen LogP contribution in [0.25, 0.3) is 0 Å². The van der Waals surface area contributed by atoms with Crippen molar-refractivity contribution >= 4 is 17.4 Å². The van der Waals surface area contributed by atoms with Gasteiger partial charge in [0, 0.05) is 30.3 Å². The van der Waals surface area contributed by atoms with E-state index in [0.29, 0.717) is 6.04 Å². The van der Waals surface area contributed by atoms with E-state index in [1.807, 2.05) is 11.8 Å². The zero-order valence-corrected chi connectivity index (χ0v) is 12.5. The summed E-state index contributed by atoms with van der Waals surface area (Å²) in [6, 6.07) is 9.26. The molecule has 0 aliphatic carbocycles. The quantitative estimate of drug-likeness (QED) is 0.890. The summed E-state index contributed by atoms with van der Waals surface area (Å²) in [6.45, 7) is 8.69. The molecule has 1 atom stereocenters. The Morgan fingerprint density at radius 2 is 2.06 bits per heavy atom. The number of hydrogen-bond acceptors (Lipinski definition) is 3. The predicted molar refractivity (Wildman–Crippen MR) is 82.7 cm³/mol. The number of thioether (sulfide) groups is 1. The highest BCUT2D eigenvalue weighted by molar-refractivity contribution is 7.99. The highest BCUT2D eigenvalue weighted by Crippen LogP contribution is 2.34. The van der Waals surface area contributed by atoms with Crippen LogP contribution in [-0.2, 0) is 5.41 Å². The lowest BCUT2D eigenvalue weighted by Crippen LogP contribution is -2.47. The molecule has 1 unspecified atom stereocenters. The highest BCUT2D eigenvalue weighted by atomic mass is 32.2. The summed E-state index contributed by atoms with van der Waals surface area (Å²) < 4.78 is 0. The molecule has 1 aliphatic heterocycles. The average molecular weight is 264 g/mol. The lowest BCUT2D eigenvalue weighted by atomic mass is 9.85. The molecule has 0 bridgehead atoms. The van der Waals surface area contributed by atoms with Crippen molar-refractivity contribution in [1.29, 1.82) is 0 Å². The Kier molecular flexibility index (Phi) is 4.23. The first-order valence-electron chi connectivity index (χ1n) is 6.68. The van der Waals surface area contributed by atoms with Crippen LogP contribution < -0.4 is 10.6 Å². The zero-order chi connectivity index (χ0) is 13.2. The van der Waals surface area contributed by atoms with E-state index in [1.54, 1.807) is 0 Å². The fourth-order valence-corrected chi connectivity index (χ4v) is 3.61. The molecule has 1 fully saturated rings. The summed E-state index contributed by atoms with van der Waals surface area (Å²) in [5, 5.41) is 0. The molecule has 1 aromatic carbocycles. The van der Waals surface area contributed by atoms with Crippen molar-refractivity contribution in [2.24, 2.45) is 5.73 Å². The van der Waals surface area contributed by atoms with Crippen LogP contribution in [-0.4, -0.2) is 30.6 Å². The van der Waals surface area contributed by atoms with Gasteiger partial charge in [-0.3, -0.25) is 0 Å². The van der Waals surface area contributed by atoms with Gasteiger partial charge >= 0.3 is 0 Å². The first-order chi connectivity index (χ1) is 8.54. The molecule has 2 N–H and O–H groups in total. The summed E-state index contributed by atoms with van der Waals surface area (Å²) >= 11 is 2.02. The Hall–Kier alpha value is -0.670. The number of benzene rings is 1. The van der Waals surface area contributed by atoms with E-state index < -0.39 is 0 Å². The van der Waals surface area contributed by atoms with Gasteiger partial charge in [-0.2, -0.15) is 11.8 Å². The maximum absolute atomic E-state index is 5.94. The Morgan fingerprint density at radius 1 is 1.33 bits per heavy atom. The lowest BCUT2D eigenvalue weighted by molar-refractivity contribution is 0.577. The van der Waals surface area contributed by atoms with Crippen LogP contribution in [0.2, 0.25) is 0 Å². The molecule has 1 saturated heterocycles. The Labute approximate surface area is 115 Å². The molecule has 0 radical (unpaired) electrons. The SMILES string of the molecule is CC(C)(C)c1ccccc1N1CCSCC1CN. The number of nitrogens with zero attached hydrogens (tertiary/aromatic N) is 1. The van der Waals surface area contributed by atoms with Crippen LogP contribution in [0.5, 0.6) is 0 Å². The third-order valence-corrected chi connectivity index (χ3v) is 4.61. The summed E-state index contributed by atoms with van der Waals surface area (Å²) in [4.78, 5) is 2.51. The number of anilines is 1. The Balaban J connectivity index is 2.37. The maximum Gasteiger partial charge on any atom is 0.0503 e. The predicted octanol–water partition coefficient (Wildman–Crippen LogP) is 2.86. The molecule has 100 valence electrons. The van der Waals surface area contributed by atoms with Gasteiger partial charge in [0.15, 0.2) is 0 Å². The standard InChI is InChI=1S/C15H24N2S/c1-15(2,3)13-6-4-5-7-14(13)17-8-9-18-11-12(17)10-16/h4-7,12H,8-11,16H2,1-3H3. The molecule has 2 rings (SSSR count). The second-order valence-corrected chi connectivity index (χ2v) is 7.07. The van der Waals surface area contributed by atoms with Gasteiger partial charge < -0.3 is 10.6 Å². The van der Waals surface area contributed by atoms with Crippen molar-refractivity contribution in [2.75, 3.05) is 29.5 Å². The van der Waals surface area contributed by atoms with E-state index in [-0.39, 0.29) is 5.41 Å².